The van der Waals surface area contributed by atoms with Crippen molar-refractivity contribution in [1.29, 1.82) is 0 Å². The van der Waals surface area contributed by atoms with Gasteiger partial charge in [0.25, 0.3) is 0 Å². The summed E-state index contributed by atoms with van der Waals surface area (Å²) in [5.74, 6) is 0.572. The summed E-state index contributed by atoms with van der Waals surface area (Å²) in [5.41, 5.74) is 2.17. The fourth-order valence-corrected chi connectivity index (χ4v) is 2.63. The van der Waals surface area contributed by atoms with Gasteiger partial charge in [-0.15, -0.1) is 0 Å². The van der Waals surface area contributed by atoms with Crippen molar-refractivity contribution in [2.45, 2.75) is 32.6 Å². The molecular formula is C17H19ClO. The van der Waals surface area contributed by atoms with Gasteiger partial charge in [0.1, 0.15) is 0 Å². The number of benzene rings is 1. The predicted octanol–water partition coefficient (Wildman–Crippen LogP) is 5.13. The van der Waals surface area contributed by atoms with Crippen LogP contribution in [0.4, 0.5) is 0 Å². The zero-order chi connectivity index (χ0) is 13.7. The minimum atomic E-state index is 0.231. The quantitative estimate of drug-likeness (QED) is 0.681. The van der Waals surface area contributed by atoms with E-state index in [1.54, 1.807) is 0 Å². The van der Waals surface area contributed by atoms with Crippen LogP contribution >= 0.6 is 11.6 Å². The molecule has 100 valence electrons. The number of ketones is 1. The molecule has 0 aromatic heterocycles. The molecular weight excluding hydrogens is 256 g/mol. The topological polar surface area (TPSA) is 17.1 Å². The predicted molar refractivity (Wildman–Crippen MR) is 80.4 cm³/mol. The lowest BCUT2D eigenvalue weighted by Crippen LogP contribution is -2.12. The second kappa shape index (κ2) is 6.72. The second-order valence-corrected chi connectivity index (χ2v) is 5.44. The molecule has 1 nitrogen and oxygen atoms in total. The van der Waals surface area contributed by atoms with Gasteiger partial charge in [-0.2, -0.15) is 0 Å². The summed E-state index contributed by atoms with van der Waals surface area (Å²) >= 11 is 5.98. The van der Waals surface area contributed by atoms with E-state index in [9.17, 15) is 4.79 Å². The fraction of sp³-hybridized carbons (Fsp3) is 0.353. The summed E-state index contributed by atoms with van der Waals surface area (Å²) in [7, 11) is 0. The van der Waals surface area contributed by atoms with E-state index in [0.717, 1.165) is 29.9 Å². The summed E-state index contributed by atoms with van der Waals surface area (Å²) in [4.78, 5) is 12.3. The SMILES string of the molecule is CC[C@@H](CC(=O)c1ccccc1)C1=CC=C(Cl)CC1. The van der Waals surface area contributed by atoms with Gasteiger partial charge in [0.15, 0.2) is 5.78 Å². The second-order valence-electron chi connectivity index (χ2n) is 4.95. The number of halogens is 1. The lowest BCUT2D eigenvalue weighted by atomic mass is 9.85. The van der Waals surface area contributed by atoms with Gasteiger partial charge in [0.05, 0.1) is 0 Å². The van der Waals surface area contributed by atoms with E-state index in [2.05, 4.69) is 13.0 Å². The fourth-order valence-electron chi connectivity index (χ4n) is 2.47. The smallest absolute Gasteiger partial charge is 0.163 e. The van der Waals surface area contributed by atoms with Crippen molar-refractivity contribution in [1.82, 2.24) is 0 Å². The monoisotopic (exact) mass is 274 g/mol. The highest BCUT2D eigenvalue weighted by atomic mass is 35.5. The van der Waals surface area contributed by atoms with Gasteiger partial charge in [-0.3, -0.25) is 4.79 Å². The molecule has 1 aromatic carbocycles. The van der Waals surface area contributed by atoms with Crippen LogP contribution in [0.25, 0.3) is 0 Å². The molecule has 0 spiro atoms. The molecule has 1 atom stereocenters. The molecule has 0 amide bonds. The van der Waals surface area contributed by atoms with Crippen LogP contribution < -0.4 is 0 Å². The minimum absolute atomic E-state index is 0.231. The Morgan fingerprint density at radius 1 is 1.21 bits per heavy atom. The molecule has 0 radical (unpaired) electrons. The van der Waals surface area contributed by atoms with Crippen molar-refractivity contribution < 1.29 is 4.79 Å². The summed E-state index contributed by atoms with van der Waals surface area (Å²) < 4.78 is 0. The Kier molecular flexibility index (Phi) is 4.98. The van der Waals surface area contributed by atoms with Crippen molar-refractivity contribution in [3.05, 3.63) is 58.7 Å². The Hall–Kier alpha value is -1.34. The van der Waals surface area contributed by atoms with Gasteiger partial charge >= 0.3 is 0 Å². The maximum atomic E-state index is 12.3. The van der Waals surface area contributed by atoms with E-state index in [1.165, 1.54) is 5.57 Å². The van der Waals surface area contributed by atoms with Gasteiger partial charge in [-0.25, -0.2) is 0 Å². The highest BCUT2D eigenvalue weighted by Gasteiger charge is 2.18. The molecule has 0 unspecified atom stereocenters. The highest BCUT2D eigenvalue weighted by molar-refractivity contribution is 6.29. The standard InChI is InChI=1S/C17H19ClO/c1-2-13(14-8-10-16(18)11-9-14)12-17(19)15-6-4-3-5-7-15/h3-8,10,13H,2,9,11-12H2,1H3/t13-/m0/s1. The normalized spacial score (nSPS) is 16.5. The van der Waals surface area contributed by atoms with Crippen molar-refractivity contribution in [3.63, 3.8) is 0 Å². The van der Waals surface area contributed by atoms with E-state index in [0.29, 0.717) is 12.3 Å². The van der Waals surface area contributed by atoms with Crippen LogP contribution in [0.15, 0.2) is 53.1 Å². The van der Waals surface area contributed by atoms with Crippen molar-refractivity contribution in [3.8, 4) is 0 Å². The lowest BCUT2D eigenvalue weighted by Gasteiger charge is -2.20. The maximum Gasteiger partial charge on any atom is 0.163 e. The maximum absolute atomic E-state index is 12.3. The number of hydrogen-bond acceptors (Lipinski definition) is 1. The molecule has 0 saturated carbocycles. The average molecular weight is 275 g/mol. The molecule has 1 aliphatic carbocycles. The van der Waals surface area contributed by atoms with Crippen molar-refractivity contribution >= 4 is 17.4 Å². The van der Waals surface area contributed by atoms with E-state index in [4.69, 9.17) is 11.6 Å². The third-order valence-corrected chi connectivity index (χ3v) is 3.99. The van der Waals surface area contributed by atoms with E-state index < -0.39 is 0 Å². The first-order chi connectivity index (χ1) is 9.20. The van der Waals surface area contributed by atoms with Crippen LogP contribution in [0.2, 0.25) is 0 Å². The lowest BCUT2D eigenvalue weighted by molar-refractivity contribution is 0.0966. The first kappa shape index (κ1) is 14.1. The number of Topliss-reactive ketones (excluding diaryl/α,β-unsaturated/α-hetero) is 1. The molecule has 19 heavy (non-hydrogen) atoms. The molecule has 0 bridgehead atoms. The van der Waals surface area contributed by atoms with Crippen LogP contribution in [0.3, 0.4) is 0 Å². The van der Waals surface area contributed by atoms with Crippen LogP contribution in [-0.2, 0) is 0 Å². The van der Waals surface area contributed by atoms with Gasteiger partial charge < -0.3 is 0 Å². The average Bonchev–Trinajstić information content (AvgIpc) is 2.46. The molecule has 1 aromatic rings. The molecule has 0 heterocycles. The van der Waals surface area contributed by atoms with E-state index in [1.807, 2.05) is 36.4 Å². The van der Waals surface area contributed by atoms with Crippen LogP contribution in [0, 0.1) is 5.92 Å². The Labute approximate surface area is 120 Å². The Bertz CT molecular complexity index is 499. The zero-order valence-corrected chi connectivity index (χ0v) is 12.0. The first-order valence-corrected chi connectivity index (χ1v) is 7.22. The molecule has 0 saturated heterocycles. The summed E-state index contributed by atoms with van der Waals surface area (Å²) in [6.45, 7) is 2.14. The largest absolute Gasteiger partial charge is 0.294 e. The Morgan fingerprint density at radius 3 is 2.53 bits per heavy atom. The van der Waals surface area contributed by atoms with E-state index in [-0.39, 0.29) is 5.78 Å². The third-order valence-electron chi connectivity index (χ3n) is 3.68. The Balaban J connectivity index is 2.06. The molecule has 0 fully saturated rings. The minimum Gasteiger partial charge on any atom is -0.294 e. The summed E-state index contributed by atoms with van der Waals surface area (Å²) in [6, 6.07) is 9.54. The number of carbonyl (C=O) groups excluding carboxylic acids is 1. The highest BCUT2D eigenvalue weighted by Crippen LogP contribution is 2.30. The van der Waals surface area contributed by atoms with Crippen LogP contribution in [0.5, 0.6) is 0 Å². The molecule has 2 heteroatoms. The number of carbonyl (C=O) groups is 1. The van der Waals surface area contributed by atoms with Crippen LogP contribution in [0.1, 0.15) is 43.0 Å². The number of rotatable bonds is 5. The number of allylic oxidation sites excluding steroid dienone is 4. The third kappa shape index (κ3) is 3.81. The summed E-state index contributed by atoms with van der Waals surface area (Å²) in [5, 5.41) is 0.910. The number of hydrogen-bond donors (Lipinski definition) is 0. The zero-order valence-electron chi connectivity index (χ0n) is 11.2. The summed E-state index contributed by atoms with van der Waals surface area (Å²) in [6.07, 6.45) is 7.54. The Morgan fingerprint density at radius 2 is 1.95 bits per heavy atom. The van der Waals surface area contributed by atoms with Gasteiger partial charge in [0.2, 0.25) is 0 Å². The van der Waals surface area contributed by atoms with Crippen LogP contribution in [-0.4, -0.2) is 5.78 Å². The van der Waals surface area contributed by atoms with Gasteiger partial charge in [-0.1, -0.05) is 60.5 Å². The molecule has 2 rings (SSSR count). The van der Waals surface area contributed by atoms with E-state index >= 15 is 0 Å². The molecule has 1 aliphatic rings. The molecule has 0 aliphatic heterocycles. The first-order valence-electron chi connectivity index (χ1n) is 6.84. The van der Waals surface area contributed by atoms with Gasteiger partial charge in [-0.05, 0) is 31.3 Å². The molecule has 0 N–H and O–H groups in total. The van der Waals surface area contributed by atoms with Crippen molar-refractivity contribution in [2.75, 3.05) is 0 Å². The van der Waals surface area contributed by atoms with Gasteiger partial charge in [0, 0.05) is 17.0 Å². The van der Waals surface area contributed by atoms with Crippen molar-refractivity contribution in [2.24, 2.45) is 5.92 Å².